The Balaban J connectivity index is 2.12. The molecule has 0 aliphatic carbocycles. The minimum absolute atomic E-state index is 0.0434. The summed E-state index contributed by atoms with van der Waals surface area (Å²) in [5.41, 5.74) is 0.263. The second kappa shape index (κ2) is 8.13. The first-order valence-electron chi connectivity index (χ1n) is 7.31. The molecule has 0 aliphatic heterocycles. The summed E-state index contributed by atoms with van der Waals surface area (Å²) in [7, 11) is -7.95. The van der Waals surface area contributed by atoms with E-state index in [0.717, 1.165) is 0 Å². The third-order valence-electron chi connectivity index (χ3n) is 3.36. The number of nitrogens with two attached hydrogens (primary N) is 1. The Morgan fingerprint density at radius 1 is 1.04 bits per heavy atom. The molecule has 2 aromatic rings. The zero-order chi connectivity index (χ0) is 20.4. The molecule has 0 fully saturated rings. The molecule has 2 aromatic carbocycles. The zero-order valence-electron chi connectivity index (χ0n) is 13.8. The van der Waals surface area contributed by atoms with Gasteiger partial charge in [-0.2, -0.15) is 4.72 Å². The number of hydrogen-bond acceptors (Lipinski definition) is 5. The van der Waals surface area contributed by atoms with Crippen LogP contribution in [0.2, 0.25) is 10.0 Å². The van der Waals surface area contributed by atoms with Crippen LogP contribution in [0.25, 0.3) is 0 Å². The van der Waals surface area contributed by atoms with Gasteiger partial charge in [0.15, 0.2) is 0 Å². The van der Waals surface area contributed by atoms with Crippen molar-refractivity contribution in [3.8, 4) is 0 Å². The summed E-state index contributed by atoms with van der Waals surface area (Å²) in [5, 5.41) is 7.58. The van der Waals surface area contributed by atoms with Crippen molar-refractivity contribution in [1.29, 1.82) is 0 Å². The predicted molar refractivity (Wildman–Crippen MR) is 103 cm³/mol. The van der Waals surface area contributed by atoms with Gasteiger partial charge in [-0.25, -0.2) is 22.0 Å². The third-order valence-corrected chi connectivity index (χ3v) is 6.54. The van der Waals surface area contributed by atoms with Gasteiger partial charge in [0.2, 0.25) is 26.0 Å². The van der Waals surface area contributed by atoms with Crippen LogP contribution in [0.5, 0.6) is 0 Å². The maximum absolute atomic E-state index is 12.4. The summed E-state index contributed by atoms with van der Waals surface area (Å²) in [6.45, 7) is 1.34. The van der Waals surface area contributed by atoms with Gasteiger partial charge in [-0.15, -0.1) is 0 Å². The van der Waals surface area contributed by atoms with Crippen LogP contribution in [0.15, 0.2) is 52.3 Å². The molecule has 0 saturated heterocycles. The smallest absolute Gasteiger partial charge is 0.242 e. The van der Waals surface area contributed by atoms with Crippen molar-refractivity contribution in [1.82, 2.24) is 4.72 Å². The van der Waals surface area contributed by atoms with E-state index < -0.39 is 32.0 Å². The Morgan fingerprint density at radius 2 is 1.63 bits per heavy atom. The molecule has 0 spiro atoms. The van der Waals surface area contributed by atoms with Crippen molar-refractivity contribution >= 4 is 54.8 Å². The first-order chi connectivity index (χ1) is 12.4. The van der Waals surface area contributed by atoms with Gasteiger partial charge in [0, 0.05) is 10.7 Å². The molecular weight excluding hydrogens is 437 g/mol. The number of rotatable bonds is 6. The lowest BCUT2D eigenvalue weighted by molar-refractivity contribution is -0.117. The van der Waals surface area contributed by atoms with Crippen LogP contribution in [-0.2, 0) is 24.8 Å². The van der Waals surface area contributed by atoms with E-state index in [0.29, 0.717) is 0 Å². The van der Waals surface area contributed by atoms with Crippen LogP contribution in [0.1, 0.15) is 6.92 Å². The number of sulfonamides is 2. The van der Waals surface area contributed by atoms with Crippen molar-refractivity contribution in [2.75, 3.05) is 5.32 Å². The molecule has 146 valence electrons. The monoisotopic (exact) mass is 451 g/mol. The summed E-state index contributed by atoms with van der Waals surface area (Å²) >= 11 is 11.7. The molecule has 0 saturated carbocycles. The Bertz CT molecular complexity index is 1070. The second-order valence-electron chi connectivity index (χ2n) is 5.48. The molecule has 27 heavy (non-hydrogen) atoms. The van der Waals surface area contributed by atoms with Crippen LogP contribution in [0.4, 0.5) is 5.69 Å². The van der Waals surface area contributed by atoms with E-state index >= 15 is 0 Å². The van der Waals surface area contributed by atoms with Crippen LogP contribution in [-0.4, -0.2) is 28.8 Å². The van der Waals surface area contributed by atoms with Crippen molar-refractivity contribution < 1.29 is 21.6 Å². The molecule has 4 N–H and O–H groups in total. The van der Waals surface area contributed by atoms with Crippen LogP contribution in [0.3, 0.4) is 0 Å². The van der Waals surface area contributed by atoms with E-state index in [1.807, 2.05) is 0 Å². The minimum atomic E-state index is -4.10. The highest BCUT2D eigenvalue weighted by atomic mass is 35.5. The summed E-state index contributed by atoms with van der Waals surface area (Å²) in [5.74, 6) is -0.667. The second-order valence-corrected chi connectivity index (χ2v) is 9.56. The summed E-state index contributed by atoms with van der Waals surface area (Å²) < 4.78 is 49.4. The fourth-order valence-electron chi connectivity index (χ4n) is 2.01. The number of anilines is 1. The fraction of sp³-hybridized carbons (Fsp3) is 0.133. The standard InChI is InChI=1S/C15H15Cl2N3O5S2/c1-9(20-27(24,25)14-8-10(16)2-7-13(14)17)15(21)19-11-3-5-12(6-4-11)26(18,22)23/h2-9,20H,1H3,(H,19,21)(H2,18,22,23)/t9-/m1/s1. The number of carbonyl (C=O) groups excluding carboxylic acids is 1. The predicted octanol–water partition coefficient (Wildman–Crippen LogP) is 1.95. The Kier molecular flexibility index (Phi) is 6.51. The molecule has 1 amide bonds. The number of carbonyl (C=O) groups is 1. The summed E-state index contributed by atoms with van der Waals surface area (Å²) in [6, 6.07) is 7.86. The number of halogens is 2. The molecule has 12 heteroatoms. The molecule has 2 rings (SSSR count). The normalized spacial score (nSPS) is 13.2. The van der Waals surface area contributed by atoms with Gasteiger partial charge in [-0.05, 0) is 49.4 Å². The lowest BCUT2D eigenvalue weighted by atomic mass is 10.3. The first kappa shape index (κ1) is 21.6. The molecule has 0 unspecified atom stereocenters. The average Bonchev–Trinajstić information content (AvgIpc) is 2.56. The van der Waals surface area contributed by atoms with Crippen molar-refractivity contribution in [3.63, 3.8) is 0 Å². The van der Waals surface area contributed by atoms with Gasteiger partial charge in [0.25, 0.3) is 0 Å². The van der Waals surface area contributed by atoms with E-state index in [-0.39, 0.29) is 25.5 Å². The molecule has 0 heterocycles. The third kappa shape index (κ3) is 5.64. The number of hydrogen-bond donors (Lipinski definition) is 3. The lowest BCUT2D eigenvalue weighted by Gasteiger charge is -2.15. The maximum Gasteiger partial charge on any atom is 0.242 e. The van der Waals surface area contributed by atoms with Gasteiger partial charge in [-0.1, -0.05) is 23.2 Å². The first-order valence-corrected chi connectivity index (χ1v) is 11.1. The highest BCUT2D eigenvalue weighted by Crippen LogP contribution is 2.25. The number of nitrogens with one attached hydrogen (secondary N) is 2. The molecule has 8 nitrogen and oxygen atoms in total. The molecule has 0 aliphatic rings. The van der Waals surface area contributed by atoms with Gasteiger partial charge in [0.05, 0.1) is 16.0 Å². The fourth-order valence-corrected chi connectivity index (χ4v) is 4.49. The topological polar surface area (TPSA) is 135 Å². The van der Waals surface area contributed by atoms with Gasteiger partial charge in [-0.3, -0.25) is 4.79 Å². The van der Waals surface area contributed by atoms with E-state index in [2.05, 4.69) is 10.0 Å². The number of amides is 1. The van der Waals surface area contributed by atoms with E-state index in [9.17, 15) is 21.6 Å². The van der Waals surface area contributed by atoms with Gasteiger partial charge < -0.3 is 5.32 Å². The van der Waals surface area contributed by atoms with Crippen molar-refractivity contribution in [2.45, 2.75) is 22.8 Å². The lowest BCUT2D eigenvalue weighted by Crippen LogP contribution is -2.41. The highest BCUT2D eigenvalue weighted by Gasteiger charge is 2.24. The van der Waals surface area contributed by atoms with Crippen LogP contribution >= 0.6 is 23.2 Å². The summed E-state index contributed by atoms with van der Waals surface area (Å²) in [4.78, 5) is 11.8. The summed E-state index contributed by atoms with van der Waals surface area (Å²) in [6.07, 6.45) is 0. The van der Waals surface area contributed by atoms with Gasteiger partial charge >= 0.3 is 0 Å². The Labute approximate surface area is 166 Å². The molecule has 1 atom stereocenters. The number of primary sulfonamides is 1. The highest BCUT2D eigenvalue weighted by molar-refractivity contribution is 7.89. The molecule has 0 bridgehead atoms. The van der Waals surface area contributed by atoms with Crippen LogP contribution < -0.4 is 15.2 Å². The SMILES string of the molecule is C[C@@H](NS(=O)(=O)c1cc(Cl)ccc1Cl)C(=O)Nc1ccc(S(N)(=O)=O)cc1. The molecule has 0 radical (unpaired) electrons. The minimum Gasteiger partial charge on any atom is -0.325 e. The Hall–Kier alpha value is -1.69. The van der Waals surface area contributed by atoms with Crippen molar-refractivity contribution in [2.24, 2.45) is 5.14 Å². The average molecular weight is 452 g/mol. The quantitative estimate of drug-likeness (QED) is 0.616. The Morgan fingerprint density at radius 3 is 2.19 bits per heavy atom. The molecular formula is C15H15Cl2N3O5S2. The van der Waals surface area contributed by atoms with Crippen LogP contribution in [0, 0.1) is 0 Å². The zero-order valence-corrected chi connectivity index (χ0v) is 17.0. The molecule has 0 aromatic heterocycles. The van der Waals surface area contributed by atoms with Gasteiger partial charge in [0.1, 0.15) is 4.90 Å². The number of benzene rings is 2. The van der Waals surface area contributed by atoms with Crippen molar-refractivity contribution in [3.05, 3.63) is 52.5 Å². The largest absolute Gasteiger partial charge is 0.325 e. The van der Waals surface area contributed by atoms with E-state index in [1.54, 1.807) is 0 Å². The van der Waals surface area contributed by atoms with E-state index in [4.69, 9.17) is 28.3 Å². The maximum atomic E-state index is 12.4. The van der Waals surface area contributed by atoms with E-state index in [1.165, 1.54) is 49.4 Å².